The van der Waals surface area contributed by atoms with Crippen molar-refractivity contribution in [2.45, 2.75) is 95.2 Å². The van der Waals surface area contributed by atoms with Gasteiger partial charge in [0.25, 0.3) is 0 Å². The molecule has 2 atom stereocenters. The summed E-state index contributed by atoms with van der Waals surface area (Å²) < 4.78 is 0. The van der Waals surface area contributed by atoms with Gasteiger partial charge < -0.3 is 20.0 Å². The maximum atomic E-state index is 5.01. The molecule has 1 aromatic rings. The molecule has 3 aliphatic heterocycles. The molecule has 5 rings (SSSR count). The standard InChI is InChI=1S/C28H49N7/c1-32-20-22-33(23-21-32)16-9-12-26-25(14-19-35(26)24-10-5-4-6-11-24)30-28-29-15-13-27(31-28)34-17-7-2-3-8-18-34/h13,15,24-26H,2-12,14,16-23H2,1H3,(H,29,30,31)/t25-,26+/m0/s1. The largest absolute Gasteiger partial charge is 0.356 e. The number of hydrogen-bond acceptors (Lipinski definition) is 7. The van der Waals surface area contributed by atoms with Gasteiger partial charge in [-0.3, -0.25) is 4.90 Å². The fraction of sp³-hybridized carbons (Fsp3) is 0.857. The molecule has 35 heavy (non-hydrogen) atoms. The lowest BCUT2D eigenvalue weighted by atomic mass is 9.92. The van der Waals surface area contributed by atoms with Crippen LogP contribution in [-0.2, 0) is 0 Å². The van der Waals surface area contributed by atoms with Crippen molar-refractivity contribution < 1.29 is 0 Å². The van der Waals surface area contributed by atoms with Gasteiger partial charge in [0.05, 0.1) is 0 Å². The second-order valence-corrected chi connectivity index (χ2v) is 11.6. The Hall–Kier alpha value is -1.44. The average molecular weight is 484 g/mol. The number of hydrogen-bond donors (Lipinski definition) is 1. The van der Waals surface area contributed by atoms with E-state index in [9.17, 15) is 0 Å². The fourth-order valence-corrected chi connectivity index (χ4v) is 6.93. The van der Waals surface area contributed by atoms with Gasteiger partial charge >= 0.3 is 0 Å². The summed E-state index contributed by atoms with van der Waals surface area (Å²) in [7, 11) is 2.25. The van der Waals surface area contributed by atoms with Crippen molar-refractivity contribution in [1.29, 1.82) is 0 Å². The van der Waals surface area contributed by atoms with E-state index in [4.69, 9.17) is 4.98 Å². The summed E-state index contributed by atoms with van der Waals surface area (Å²) in [5.74, 6) is 1.95. The summed E-state index contributed by atoms with van der Waals surface area (Å²) in [6, 6.07) is 3.96. The molecule has 4 aliphatic rings. The maximum absolute atomic E-state index is 5.01. The van der Waals surface area contributed by atoms with E-state index in [1.165, 1.54) is 116 Å². The van der Waals surface area contributed by atoms with E-state index in [0.29, 0.717) is 12.1 Å². The molecule has 4 heterocycles. The van der Waals surface area contributed by atoms with E-state index in [1.807, 2.05) is 6.20 Å². The monoisotopic (exact) mass is 483 g/mol. The third-order valence-corrected chi connectivity index (χ3v) is 9.09. The predicted octanol–water partition coefficient (Wildman–Crippen LogP) is 4.07. The zero-order valence-corrected chi connectivity index (χ0v) is 22.2. The molecule has 7 nitrogen and oxygen atoms in total. The summed E-state index contributed by atoms with van der Waals surface area (Å²) >= 11 is 0. The molecule has 0 aromatic carbocycles. The highest BCUT2D eigenvalue weighted by Crippen LogP contribution is 2.32. The van der Waals surface area contributed by atoms with Crippen LogP contribution >= 0.6 is 0 Å². The number of likely N-dealkylation sites (N-methyl/N-ethyl adjacent to an activating group) is 1. The van der Waals surface area contributed by atoms with Crippen molar-refractivity contribution in [3.8, 4) is 0 Å². The van der Waals surface area contributed by atoms with Crippen LogP contribution in [0.15, 0.2) is 12.3 Å². The Morgan fingerprint density at radius 3 is 2.37 bits per heavy atom. The van der Waals surface area contributed by atoms with Gasteiger partial charge in [-0.1, -0.05) is 32.1 Å². The first-order chi connectivity index (χ1) is 17.3. The molecule has 0 spiro atoms. The Labute approximate surface area is 213 Å². The topological polar surface area (TPSA) is 50.8 Å². The molecule has 1 saturated carbocycles. The van der Waals surface area contributed by atoms with Crippen molar-refractivity contribution in [2.24, 2.45) is 0 Å². The van der Waals surface area contributed by atoms with Gasteiger partial charge in [0.2, 0.25) is 5.95 Å². The minimum Gasteiger partial charge on any atom is -0.356 e. The van der Waals surface area contributed by atoms with Gasteiger partial charge in [-0.15, -0.1) is 0 Å². The molecule has 0 unspecified atom stereocenters. The Kier molecular flexibility index (Phi) is 9.14. The van der Waals surface area contributed by atoms with E-state index in [-0.39, 0.29) is 0 Å². The number of piperazine rings is 1. The molecular formula is C28H49N7. The molecule has 0 radical (unpaired) electrons. The molecule has 7 heteroatoms. The average Bonchev–Trinajstić information content (AvgIpc) is 3.09. The van der Waals surface area contributed by atoms with Crippen LogP contribution in [-0.4, -0.2) is 102 Å². The van der Waals surface area contributed by atoms with Crippen molar-refractivity contribution in [2.75, 3.05) is 69.6 Å². The number of rotatable bonds is 8. The van der Waals surface area contributed by atoms with Gasteiger partial charge in [0.1, 0.15) is 5.82 Å². The van der Waals surface area contributed by atoms with Crippen LogP contribution in [0.25, 0.3) is 0 Å². The van der Waals surface area contributed by atoms with Crippen LogP contribution < -0.4 is 10.2 Å². The van der Waals surface area contributed by atoms with Gasteiger partial charge in [-0.2, -0.15) is 4.98 Å². The molecule has 1 aromatic heterocycles. The molecule has 3 saturated heterocycles. The third kappa shape index (κ3) is 6.86. The summed E-state index contributed by atoms with van der Waals surface area (Å²) in [6.45, 7) is 9.62. The highest BCUT2D eigenvalue weighted by molar-refractivity contribution is 5.43. The number of nitrogens with zero attached hydrogens (tertiary/aromatic N) is 6. The lowest BCUT2D eigenvalue weighted by Gasteiger charge is -2.38. The normalized spacial score (nSPS) is 28.3. The van der Waals surface area contributed by atoms with Gasteiger partial charge in [-0.25, -0.2) is 4.98 Å². The second kappa shape index (κ2) is 12.7. The van der Waals surface area contributed by atoms with E-state index in [2.05, 4.69) is 43.0 Å². The minimum atomic E-state index is 0.462. The van der Waals surface area contributed by atoms with Crippen molar-refractivity contribution in [1.82, 2.24) is 24.7 Å². The molecule has 1 aliphatic carbocycles. The first-order valence-electron chi connectivity index (χ1n) is 14.8. The highest BCUT2D eigenvalue weighted by Gasteiger charge is 2.38. The van der Waals surface area contributed by atoms with Crippen LogP contribution in [0.1, 0.15) is 77.0 Å². The fourth-order valence-electron chi connectivity index (χ4n) is 6.93. The summed E-state index contributed by atoms with van der Waals surface area (Å²) in [4.78, 5) is 20.2. The van der Waals surface area contributed by atoms with Gasteiger partial charge in [0.15, 0.2) is 0 Å². The minimum absolute atomic E-state index is 0.462. The maximum Gasteiger partial charge on any atom is 0.224 e. The Morgan fingerprint density at radius 1 is 0.857 bits per heavy atom. The number of aromatic nitrogens is 2. The summed E-state index contributed by atoms with van der Waals surface area (Å²) in [5, 5.41) is 3.84. The van der Waals surface area contributed by atoms with Gasteiger partial charge in [0, 0.05) is 70.1 Å². The lowest BCUT2D eigenvalue weighted by Crippen LogP contribution is -2.47. The Bertz CT molecular complexity index is 751. The lowest BCUT2D eigenvalue weighted by molar-refractivity contribution is 0.121. The smallest absolute Gasteiger partial charge is 0.224 e. The van der Waals surface area contributed by atoms with E-state index >= 15 is 0 Å². The second-order valence-electron chi connectivity index (χ2n) is 11.6. The van der Waals surface area contributed by atoms with E-state index in [1.54, 1.807) is 0 Å². The Balaban J connectivity index is 1.22. The SMILES string of the molecule is CN1CCN(CCC[C@@H]2[C@@H](Nc3nccc(N4CCCCCC4)n3)CCN2C2CCCCC2)CC1. The van der Waals surface area contributed by atoms with E-state index < -0.39 is 0 Å². The molecule has 1 N–H and O–H groups in total. The van der Waals surface area contributed by atoms with Crippen LogP contribution in [0, 0.1) is 0 Å². The third-order valence-electron chi connectivity index (χ3n) is 9.09. The van der Waals surface area contributed by atoms with Crippen molar-refractivity contribution >= 4 is 11.8 Å². The zero-order valence-electron chi connectivity index (χ0n) is 22.2. The van der Waals surface area contributed by atoms with Crippen molar-refractivity contribution in [3.63, 3.8) is 0 Å². The van der Waals surface area contributed by atoms with Gasteiger partial charge in [-0.05, 0) is 64.6 Å². The number of nitrogens with one attached hydrogen (secondary N) is 1. The van der Waals surface area contributed by atoms with Crippen LogP contribution in [0.2, 0.25) is 0 Å². The first kappa shape index (κ1) is 25.2. The quantitative estimate of drug-likeness (QED) is 0.598. The van der Waals surface area contributed by atoms with Crippen molar-refractivity contribution in [3.05, 3.63) is 12.3 Å². The number of likely N-dealkylation sites (tertiary alicyclic amines) is 1. The van der Waals surface area contributed by atoms with E-state index in [0.717, 1.165) is 30.9 Å². The molecule has 0 bridgehead atoms. The predicted molar refractivity (Wildman–Crippen MR) is 145 cm³/mol. The first-order valence-corrected chi connectivity index (χ1v) is 14.8. The van der Waals surface area contributed by atoms with Crippen LogP contribution in [0.3, 0.4) is 0 Å². The number of anilines is 2. The molecular weight excluding hydrogens is 434 g/mol. The summed E-state index contributed by atoms with van der Waals surface area (Å²) in [6.07, 6.45) is 18.0. The molecule has 0 amide bonds. The zero-order chi connectivity index (χ0) is 23.9. The molecule has 4 fully saturated rings. The molecule has 196 valence electrons. The Morgan fingerprint density at radius 2 is 1.60 bits per heavy atom. The van der Waals surface area contributed by atoms with Crippen LogP contribution in [0.5, 0.6) is 0 Å². The summed E-state index contributed by atoms with van der Waals surface area (Å²) in [5.41, 5.74) is 0. The highest BCUT2D eigenvalue weighted by atomic mass is 15.3. The van der Waals surface area contributed by atoms with Crippen LogP contribution in [0.4, 0.5) is 11.8 Å².